The van der Waals surface area contributed by atoms with Gasteiger partial charge in [0.05, 0.1) is 34.7 Å². The monoisotopic (exact) mass is 400 g/mol. The van der Waals surface area contributed by atoms with Crippen LogP contribution in [0.5, 0.6) is 23.0 Å². The minimum absolute atomic E-state index is 0.363. The number of benzene rings is 2. The molecule has 0 fully saturated rings. The lowest BCUT2D eigenvalue weighted by atomic mass is 10.2. The molecule has 2 aromatic carbocycles. The Hall–Kier alpha value is -3.33. The van der Waals surface area contributed by atoms with Crippen LogP contribution in [0.25, 0.3) is 11.4 Å². The van der Waals surface area contributed by atoms with Crippen molar-refractivity contribution in [3.63, 3.8) is 0 Å². The average Bonchev–Trinajstić information content (AvgIpc) is 3.11. The van der Waals surface area contributed by atoms with E-state index in [1.165, 1.54) is 4.68 Å². The molecule has 9 heteroatoms. The van der Waals surface area contributed by atoms with Crippen LogP contribution in [0, 0.1) is 4.77 Å². The van der Waals surface area contributed by atoms with Gasteiger partial charge in [-0.2, -0.15) is 14.9 Å². The third-order valence-corrected chi connectivity index (χ3v) is 4.31. The van der Waals surface area contributed by atoms with Crippen LogP contribution in [0.2, 0.25) is 0 Å². The van der Waals surface area contributed by atoms with Gasteiger partial charge in [-0.1, -0.05) is 0 Å². The second kappa shape index (κ2) is 8.57. The molecule has 0 unspecified atom stereocenters. The van der Waals surface area contributed by atoms with Crippen molar-refractivity contribution in [3.8, 4) is 34.4 Å². The number of methoxy groups -OCH3 is 4. The molecule has 0 saturated carbocycles. The number of aromatic amines is 1. The van der Waals surface area contributed by atoms with E-state index >= 15 is 0 Å². The second-order valence-corrected chi connectivity index (χ2v) is 5.97. The minimum atomic E-state index is 0.363. The minimum Gasteiger partial charge on any atom is -0.497 e. The largest absolute Gasteiger partial charge is 0.497 e. The van der Waals surface area contributed by atoms with Crippen LogP contribution in [0.15, 0.2) is 41.5 Å². The predicted octanol–water partition coefficient (Wildman–Crippen LogP) is 3.52. The summed E-state index contributed by atoms with van der Waals surface area (Å²) in [7, 11) is 6.33. The predicted molar refractivity (Wildman–Crippen MR) is 108 cm³/mol. The first-order valence-corrected chi connectivity index (χ1v) is 8.68. The molecule has 1 N–H and O–H groups in total. The normalized spacial score (nSPS) is 10.9. The van der Waals surface area contributed by atoms with Gasteiger partial charge in [0, 0.05) is 17.2 Å². The fourth-order valence-corrected chi connectivity index (χ4v) is 2.78. The van der Waals surface area contributed by atoms with E-state index in [0.29, 0.717) is 33.4 Å². The maximum atomic E-state index is 5.43. The molecule has 1 aromatic heterocycles. The molecule has 0 aliphatic heterocycles. The number of rotatable bonds is 7. The molecule has 8 nitrogen and oxygen atoms in total. The lowest BCUT2D eigenvalue weighted by Crippen LogP contribution is -1.99. The van der Waals surface area contributed by atoms with E-state index in [9.17, 15) is 0 Å². The molecule has 0 spiro atoms. The lowest BCUT2D eigenvalue weighted by Gasteiger charge is -2.11. The van der Waals surface area contributed by atoms with Crippen LogP contribution < -0.4 is 18.9 Å². The number of hydrogen-bond donors (Lipinski definition) is 1. The van der Waals surface area contributed by atoms with Crippen molar-refractivity contribution in [2.24, 2.45) is 5.10 Å². The van der Waals surface area contributed by atoms with E-state index < -0.39 is 0 Å². The Kier molecular flexibility index (Phi) is 5.95. The van der Waals surface area contributed by atoms with Crippen LogP contribution in [-0.4, -0.2) is 49.5 Å². The van der Waals surface area contributed by atoms with E-state index in [2.05, 4.69) is 15.3 Å². The number of hydrogen-bond acceptors (Lipinski definition) is 7. The Balaban J connectivity index is 2.01. The highest BCUT2D eigenvalue weighted by atomic mass is 32.1. The maximum Gasteiger partial charge on any atom is 0.216 e. The Morgan fingerprint density at radius 3 is 2.18 bits per heavy atom. The molecule has 0 aliphatic rings. The summed E-state index contributed by atoms with van der Waals surface area (Å²) < 4.78 is 23.2. The zero-order valence-electron chi connectivity index (χ0n) is 15.9. The molecule has 0 saturated heterocycles. The molecule has 0 amide bonds. The highest BCUT2D eigenvalue weighted by molar-refractivity contribution is 7.71. The van der Waals surface area contributed by atoms with Crippen LogP contribution >= 0.6 is 12.2 Å². The highest BCUT2D eigenvalue weighted by Crippen LogP contribution is 2.33. The summed E-state index contributed by atoms with van der Waals surface area (Å²) >= 11 is 5.32. The van der Waals surface area contributed by atoms with Crippen molar-refractivity contribution in [1.29, 1.82) is 0 Å². The van der Waals surface area contributed by atoms with Crippen molar-refractivity contribution in [1.82, 2.24) is 14.9 Å². The molecule has 0 atom stereocenters. The first-order chi connectivity index (χ1) is 13.6. The molecule has 3 aromatic rings. The Morgan fingerprint density at radius 1 is 0.929 bits per heavy atom. The van der Waals surface area contributed by atoms with Crippen molar-refractivity contribution in [3.05, 3.63) is 46.7 Å². The van der Waals surface area contributed by atoms with Gasteiger partial charge in [0.25, 0.3) is 0 Å². The van der Waals surface area contributed by atoms with Gasteiger partial charge in [-0.25, -0.2) is 5.10 Å². The standard InChI is InChI=1S/C19H20N4O4S/c1-24-14-7-5-12(6-8-14)18-21-22-19(28)23(18)20-11-13-9-16(26-3)17(27-4)10-15(13)25-2/h5-11H,1-4H3,(H,22,28)/b20-11+. The van der Waals surface area contributed by atoms with Gasteiger partial charge in [0.1, 0.15) is 11.5 Å². The van der Waals surface area contributed by atoms with Crippen LogP contribution in [-0.2, 0) is 0 Å². The summed E-state index contributed by atoms with van der Waals surface area (Å²) in [4.78, 5) is 0. The van der Waals surface area contributed by atoms with Crippen LogP contribution in [0.3, 0.4) is 0 Å². The van der Waals surface area contributed by atoms with E-state index in [0.717, 1.165) is 11.3 Å². The first-order valence-electron chi connectivity index (χ1n) is 8.27. The summed E-state index contributed by atoms with van der Waals surface area (Å²) in [5, 5.41) is 11.5. The van der Waals surface area contributed by atoms with Gasteiger partial charge in [-0.15, -0.1) is 0 Å². The molecule has 0 radical (unpaired) electrons. The summed E-state index contributed by atoms with van der Waals surface area (Å²) in [6, 6.07) is 11.0. The SMILES string of the molecule is COc1ccc(-c2n[nH]c(=S)n2/N=C/c2cc(OC)c(OC)cc2OC)cc1. The van der Waals surface area contributed by atoms with Gasteiger partial charge >= 0.3 is 0 Å². The molecule has 0 aliphatic carbocycles. The Morgan fingerprint density at radius 2 is 1.57 bits per heavy atom. The summed E-state index contributed by atoms with van der Waals surface area (Å²) in [5.74, 6) is 3.04. The Bertz CT molecular complexity index is 1040. The average molecular weight is 400 g/mol. The van der Waals surface area contributed by atoms with Gasteiger partial charge < -0.3 is 18.9 Å². The number of nitrogens with zero attached hydrogens (tertiary/aromatic N) is 3. The van der Waals surface area contributed by atoms with E-state index in [1.807, 2.05) is 24.3 Å². The zero-order valence-corrected chi connectivity index (χ0v) is 16.7. The van der Waals surface area contributed by atoms with Crippen molar-refractivity contribution in [2.45, 2.75) is 0 Å². The number of H-pyrrole nitrogens is 1. The van der Waals surface area contributed by atoms with Crippen LogP contribution in [0.4, 0.5) is 0 Å². The third-order valence-electron chi connectivity index (χ3n) is 4.05. The molecular formula is C19H20N4O4S. The van der Waals surface area contributed by atoms with Crippen molar-refractivity contribution < 1.29 is 18.9 Å². The number of aromatic nitrogens is 3. The van der Waals surface area contributed by atoms with E-state index in [-0.39, 0.29) is 0 Å². The summed E-state index contributed by atoms with van der Waals surface area (Å²) in [5.41, 5.74) is 1.54. The van der Waals surface area contributed by atoms with Gasteiger partial charge in [0.2, 0.25) is 4.77 Å². The molecule has 3 rings (SSSR count). The molecule has 0 bridgehead atoms. The maximum absolute atomic E-state index is 5.43. The van der Waals surface area contributed by atoms with Gasteiger partial charge in [-0.05, 0) is 42.5 Å². The first kappa shape index (κ1) is 19.4. The number of ether oxygens (including phenoxy) is 4. The third kappa shape index (κ3) is 3.84. The smallest absolute Gasteiger partial charge is 0.216 e. The summed E-state index contributed by atoms with van der Waals surface area (Å²) in [6.07, 6.45) is 1.62. The molecule has 146 valence electrons. The fraction of sp³-hybridized carbons (Fsp3) is 0.211. The zero-order chi connectivity index (χ0) is 20.1. The fourth-order valence-electron chi connectivity index (χ4n) is 2.60. The van der Waals surface area contributed by atoms with Gasteiger partial charge in [-0.3, -0.25) is 0 Å². The van der Waals surface area contributed by atoms with Crippen molar-refractivity contribution >= 4 is 18.4 Å². The van der Waals surface area contributed by atoms with E-state index in [1.54, 1.807) is 46.8 Å². The lowest BCUT2D eigenvalue weighted by molar-refractivity contribution is 0.349. The van der Waals surface area contributed by atoms with Crippen molar-refractivity contribution in [2.75, 3.05) is 28.4 Å². The Labute approximate surface area is 167 Å². The van der Waals surface area contributed by atoms with Gasteiger partial charge in [0.15, 0.2) is 17.3 Å². The quantitative estimate of drug-likeness (QED) is 0.483. The highest BCUT2D eigenvalue weighted by Gasteiger charge is 2.12. The van der Waals surface area contributed by atoms with E-state index in [4.69, 9.17) is 31.2 Å². The summed E-state index contributed by atoms with van der Waals surface area (Å²) in [6.45, 7) is 0. The molecule has 28 heavy (non-hydrogen) atoms. The molecular weight excluding hydrogens is 380 g/mol. The second-order valence-electron chi connectivity index (χ2n) is 5.59. The van der Waals surface area contributed by atoms with Crippen LogP contribution in [0.1, 0.15) is 5.56 Å². The topological polar surface area (TPSA) is 82.9 Å². The number of nitrogens with one attached hydrogen (secondary N) is 1. The molecule has 1 heterocycles.